The standard InChI is InChI=1S/C25H34F6O/c1-2-17-5-11-20(12-6-17)21-13-7-18(8-14-21)3-4-19-9-15-22(16-10-19)32-25(30,31)23(26)24(27,28)29/h9-10,15-18,20-21,23H,2-8,11-14H2,1H3. The molecule has 2 aliphatic rings. The lowest BCUT2D eigenvalue weighted by molar-refractivity contribution is -0.304. The van der Waals surface area contributed by atoms with Crippen molar-refractivity contribution in [3.05, 3.63) is 29.8 Å². The summed E-state index contributed by atoms with van der Waals surface area (Å²) >= 11 is 0. The van der Waals surface area contributed by atoms with E-state index >= 15 is 0 Å². The molecule has 0 amide bonds. The normalized spacial score (nSPS) is 28.3. The second kappa shape index (κ2) is 10.7. The number of hydrogen-bond acceptors (Lipinski definition) is 1. The smallest absolute Gasteiger partial charge is 0.430 e. The maximum absolute atomic E-state index is 13.4. The Morgan fingerprint density at radius 2 is 1.31 bits per heavy atom. The summed E-state index contributed by atoms with van der Waals surface area (Å²) in [5.74, 6) is 2.85. The minimum Gasteiger partial charge on any atom is -0.430 e. The van der Waals surface area contributed by atoms with E-state index < -0.39 is 24.2 Å². The van der Waals surface area contributed by atoms with Crippen LogP contribution >= 0.6 is 0 Å². The summed E-state index contributed by atoms with van der Waals surface area (Å²) in [6.45, 7) is 2.29. The molecule has 1 nitrogen and oxygen atoms in total. The lowest BCUT2D eigenvalue weighted by Crippen LogP contribution is -2.45. The Bertz CT molecular complexity index is 685. The van der Waals surface area contributed by atoms with E-state index in [2.05, 4.69) is 11.7 Å². The first kappa shape index (κ1) is 25.2. The molecule has 0 N–H and O–H groups in total. The third-order valence-electron chi connectivity index (χ3n) is 7.63. The minimum absolute atomic E-state index is 0.482. The van der Waals surface area contributed by atoms with Gasteiger partial charge in [0.05, 0.1) is 0 Å². The lowest BCUT2D eigenvalue weighted by Gasteiger charge is -2.37. The molecule has 0 aliphatic heterocycles. The number of hydrogen-bond donors (Lipinski definition) is 0. The minimum atomic E-state index is -5.68. The van der Waals surface area contributed by atoms with Crippen molar-refractivity contribution in [3.63, 3.8) is 0 Å². The van der Waals surface area contributed by atoms with Crippen molar-refractivity contribution in [2.24, 2.45) is 23.7 Å². The molecular weight excluding hydrogens is 430 g/mol. The molecule has 1 atom stereocenters. The van der Waals surface area contributed by atoms with Gasteiger partial charge in [-0.05, 0) is 79.9 Å². The van der Waals surface area contributed by atoms with Crippen molar-refractivity contribution in [3.8, 4) is 5.75 Å². The fraction of sp³-hybridized carbons (Fsp3) is 0.760. The first-order chi connectivity index (χ1) is 15.1. The highest BCUT2D eigenvalue weighted by molar-refractivity contribution is 5.27. The molecule has 0 saturated heterocycles. The average molecular weight is 465 g/mol. The Morgan fingerprint density at radius 3 is 1.78 bits per heavy atom. The van der Waals surface area contributed by atoms with Gasteiger partial charge in [-0.15, -0.1) is 0 Å². The molecule has 2 saturated carbocycles. The molecule has 32 heavy (non-hydrogen) atoms. The second-order valence-electron chi connectivity index (χ2n) is 9.72. The molecule has 0 radical (unpaired) electrons. The molecule has 1 unspecified atom stereocenters. The summed E-state index contributed by atoms with van der Waals surface area (Å²) < 4.78 is 80.3. The van der Waals surface area contributed by atoms with Crippen molar-refractivity contribution in [2.75, 3.05) is 0 Å². The van der Waals surface area contributed by atoms with Gasteiger partial charge in [-0.1, -0.05) is 51.2 Å². The highest BCUT2D eigenvalue weighted by atomic mass is 19.4. The third kappa shape index (κ3) is 6.80. The summed E-state index contributed by atoms with van der Waals surface area (Å²) in [6.07, 6.45) is -1.37. The molecule has 1 aromatic rings. The number of benzene rings is 1. The van der Waals surface area contributed by atoms with Crippen molar-refractivity contribution < 1.29 is 31.1 Å². The highest BCUT2D eigenvalue weighted by Gasteiger charge is 2.59. The average Bonchev–Trinajstić information content (AvgIpc) is 2.78. The van der Waals surface area contributed by atoms with Crippen LogP contribution < -0.4 is 4.74 Å². The van der Waals surface area contributed by atoms with Crippen LogP contribution in [0.3, 0.4) is 0 Å². The van der Waals surface area contributed by atoms with Crippen LogP contribution in [0.1, 0.15) is 76.7 Å². The van der Waals surface area contributed by atoms with Gasteiger partial charge < -0.3 is 4.74 Å². The van der Waals surface area contributed by atoms with E-state index in [1.165, 1.54) is 69.9 Å². The van der Waals surface area contributed by atoms with Crippen molar-refractivity contribution >= 4 is 0 Å². The van der Waals surface area contributed by atoms with Gasteiger partial charge in [-0.3, -0.25) is 0 Å². The zero-order chi connectivity index (χ0) is 23.4. The molecular formula is C25H34F6O. The number of aryl methyl sites for hydroxylation is 1. The molecule has 0 heterocycles. The van der Waals surface area contributed by atoms with E-state index in [4.69, 9.17) is 0 Å². The van der Waals surface area contributed by atoms with E-state index in [0.717, 1.165) is 36.2 Å². The Balaban J connectivity index is 1.40. The van der Waals surface area contributed by atoms with Gasteiger partial charge in [0.1, 0.15) is 5.75 Å². The Hall–Kier alpha value is -1.40. The van der Waals surface area contributed by atoms with E-state index in [1.54, 1.807) is 12.1 Å². The van der Waals surface area contributed by atoms with Gasteiger partial charge in [-0.2, -0.15) is 22.0 Å². The van der Waals surface area contributed by atoms with Crippen LogP contribution in [-0.4, -0.2) is 18.5 Å². The summed E-state index contributed by atoms with van der Waals surface area (Å²) in [5, 5.41) is 0. The van der Waals surface area contributed by atoms with Crippen LogP contribution in [0, 0.1) is 23.7 Å². The predicted molar refractivity (Wildman–Crippen MR) is 112 cm³/mol. The second-order valence-corrected chi connectivity index (χ2v) is 9.72. The fourth-order valence-corrected chi connectivity index (χ4v) is 5.51. The van der Waals surface area contributed by atoms with Crippen LogP contribution in [0.4, 0.5) is 26.3 Å². The van der Waals surface area contributed by atoms with Crippen molar-refractivity contribution in [1.29, 1.82) is 0 Å². The third-order valence-corrected chi connectivity index (χ3v) is 7.63. The Kier molecular flexibility index (Phi) is 8.42. The molecule has 2 fully saturated rings. The number of ether oxygens (including phenoxy) is 1. The van der Waals surface area contributed by atoms with Crippen LogP contribution in [0.2, 0.25) is 0 Å². The topological polar surface area (TPSA) is 9.23 Å². The van der Waals surface area contributed by atoms with E-state index in [0.29, 0.717) is 5.92 Å². The van der Waals surface area contributed by atoms with E-state index in [9.17, 15) is 26.3 Å². The summed E-state index contributed by atoms with van der Waals surface area (Å²) in [5.41, 5.74) is 0.910. The Labute approximate surface area is 186 Å². The molecule has 1 aromatic carbocycles. The van der Waals surface area contributed by atoms with Gasteiger partial charge in [-0.25, -0.2) is 4.39 Å². The van der Waals surface area contributed by atoms with E-state index in [1.807, 2.05) is 0 Å². The zero-order valence-corrected chi connectivity index (χ0v) is 18.7. The first-order valence-electron chi connectivity index (χ1n) is 11.9. The lowest BCUT2D eigenvalue weighted by atomic mass is 9.68. The largest absolute Gasteiger partial charge is 0.439 e. The fourth-order valence-electron chi connectivity index (χ4n) is 5.51. The van der Waals surface area contributed by atoms with Gasteiger partial charge in [0, 0.05) is 0 Å². The molecule has 0 aromatic heterocycles. The van der Waals surface area contributed by atoms with Crippen LogP contribution in [-0.2, 0) is 6.42 Å². The maximum atomic E-state index is 13.4. The van der Waals surface area contributed by atoms with Crippen LogP contribution in [0.25, 0.3) is 0 Å². The predicted octanol–water partition coefficient (Wildman–Crippen LogP) is 8.51. The van der Waals surface area contributed by atoms with Crippen molar-refractivity contribution in [1.82, 2.24) is 0 Å². The molecule has 0 bridgehead atoms. The monoisotopic (exact) mass is 464 g/mol. The molecule has 182 valence electrons. The number of alkyl halides is 6. The maximum Gasteiger partial charge on any atom is 0.439 e. The van der Waals surface area contributed by atoms with Gasteiger partial charge >= 0.3 is 12.3 Å². The molecule has 7 heteroatoms. The molecule has 3 rings (SSSR count). The van der Waals surface area contributed by atoms with Crippen molar-refractivity contribution in [2.45, 2.75) is 96.0 Å². The zero-order valence-electron chi connectivity index (χ0n) is 18.7. The SMILES string of the molecule is CCC1CCC(C2CCC(CCc3ccc(OC(F)(F)C(F)C(F)(F)F)cc3)CC2)CC1. The molecule has 2 aliphatic carbocycles. The number of halogens is 6. The number of rotatable bonds is 8. The van der Waals surface area contributed by atoms with Crippen LogP contribution in [0.15, 0.2) is 24.3 Å². The highest BCUT2D eigenvalue weighted by Crippen LogP contribution is 2.43. The summed E-state index contributed by atoms with van der Waals surface area (Å²) in [7, 11) is 0. The van der Waals surface area contributed by atoms with Gasteiger partial charge in [0.25, 0.3) is 6.17 Å². The summed E-state index contributed by atoms with van der Waals surface area (Å²) in [4.78, 5) is 0. The molecule has 0 spiro atoms. The Morgan fingerprint density at radius 1 is 0.812 bits per heavy atom. The van der Waals surface area contributed by atoms with Crippen LogP contribution in [0.5, 0.6) is 5.75 Å². The summed E-state index contributed by atoms with van der Waals surface area (Å²) in [6, 6.07) is 5.47. The first-order valence-corrected chi connectivity index (χ1v) is 11.9. The quantitative estimate of drug-likeness (QED) is 0.350. The van der Waals surface area contributed by atoms with E-state index in [-0.39, 0.29) is 0 Å². The van der Waals surface area contributed by atoms with Gasteiger partial charge in [0.2, 0.25) is 0 Å². The van der Waals surface area contributed by atoms with Gasteiger partial charge in [0.15, 0.2) is 0 Å².